The zero-order valence-corrected chi connectivity index (χ0v) is 14.9. The molecule has 5 nitrogen and oxygen atoms in total. The van der Waals surface area contributed by atoms with Crippen molar-refractivity contribution in [2.45, 2.75) is 13.1 Å². The summed E-state index contributed by atoms with van der Waals surface area (Å²) in [6, 6.07) is 13.9. The van der Waals surface area contributed by atoms with E-state index >= 15 is 0 Å². The predicted molar refractivity (Wildman–Crippen MR) is 105 cm³/mol. The Bertz CT molecular complexity index is 967. The van der Waals surface area contributed by atoms with Gasteiger partial charge in [-0.25, -0.2) is 0 Å². The molecular formula is C21H21N3O2. The van der Waals surface area contributed by atoms with E-state index in [1.54, 1.807) is 14.2 Å². The summed E-state index contributed by atoms with van der Waals surface area (Å²) >= 11 is 0. The molecule has 26 heavy (non-hydrogen) atoms. The van der Waals surface area contributed by atoms with Gasteiger partial charge >= 0.3 is 0 Å². The van der Waals surface area contributed by atoms with E-state index in [-0.39, 0.29) is 0 Å². The second-order valence-corrected chi connectivity index (χ2v) is 5.72. The Kier molecular flexibility index (Phi) is 5.45. The zero-order valence-electron chi connectivity index (χ0n) is 14.9. The Morgan fingerprint density at radius 2 is 1.96 bits per heavy atom. The third-order valence-electron chi connectivity index (χ3n) is 4.11. The van der Waals surface area contributed by atoms with E-state index in [1.807, 2.05) is 47.3 Å². The lowest BCUT2D eigenvalue weighted by atomic mass is 10.2. The summed E-state index contributed by atoms with van der Waals surface area (Å²) in [6.07, 6.45) is 9.29. The molecule has 3 aromatic rings. The molecule has 5 heteroatoms. The van der Waals surface area contributed by atoms with Crippen molar-refractivity contribution in [1.82, 2.24) is 9.99 Å². The van der Waals surface area contributed by atoms with Crippen molar-refractivity contribution in [2.24, 2.45) is 5.10 Å². The number of rotatable bonds is 7. The number of ether oxygens (including phenoxy) is 2. The SMILES string of the molecule is C#CCn1cc(/C=N\NCc2ccc(OC)c(OC)c2)c2ccccc21. The van der Waals surface area contributed by atoms with Gasteiger partial charge in [0, 0.05) is 22.7 Å². The number of hydrazone groups is 1. The minimum atomic E-state index is 0.535. The topological polar surface area (TPSA) is 47.8 Å². The Hall–Kier alpha value is -3.39. The van der Waals surface area contributed by atoms with Crippen molar-refractivity contribution in [3.8, 4) is 23.8 Å². The van der Waals surface area contributed by atoms with Gasteiger partial charge in [0.2, 0.25) is 0 Å². The van der Waals surface area contributed by atoms with Crippen LogP contribution in [0.25, 0.3) is 10.9 Å². The van der Waals surface area contributed by atoms with Gasteiger partial charge < -0.3 is 19.5 Å². The van der Waals surface area contributed by atoms with Crippen LogP contribution in [0.2, 0.25) is 0 Å². The van der Waals surface area contributed by atoms with Gasteiger partial charge in [0.25, 0.3) is 0 Å². The standard InChI is InChI=1S/C21H21N3O2/c1-4-11-24-15-17(18-7-5-6-8-19(18)24)14-23-22-13-16-9-10-20(25-2)21(12-16)26-3/h1,5-10,12,14-15,22H,11,13H2,2-3H3/b23-14-. The van der Waals surface area contributed by atoms with Crippen molar-refractivity contribution in [2.75, 3.05) is 14.2 Å². The Morgan fingerprint density at radius 3 is 2.73 bits per heavy atom. The van der Waals surface area contributed by atoms with Crippen LogP contribution in [0.4, 0.5) is 0 Å². The van der Waals surface area contributed by atoms with E-state index in [0.29, 0.717) is 24.6 Å². The fraction of sp³-hybridized carbons (Fsp3) is 0.190. The lowest BCUT2D eigenvalue weighted by Crippen LogP contribution is -2.06. The van der Waals surface area contributed by atoms with Crippen molar-refractivity contribution in [1.29, 1.82) is 0 Å². The average molecular weight is 347 g/mol. The highest BCUT2D eigenvalue weighted by molar-refractivity contribution is 5.99. The van der Waals surface area contributed by atoms with Gasteiger partial charge in [-0.15, -0.1) is 6.42 Å². The number of nitrogens with one attached hydrogen (secondary N) is 1. The normalized spacial score (nSPS) is 10.8. The van der Waals surface area contributed by atoms with Crippen LogP contribution in [0.5, 0.6) is 11.5 Å². The summed E-state index contributed by atoms with van der Waals surface area (Å²) in [7, 11) is 3.25. The van der Waals surface area contributed by atoms with E-state index in [1.165, 1.54) is 0 Å². The first-order valence-electron chi connectivity index (χ1n) is 8.25. The summed E-state index contributed by atoms with van der Waals surface area (Å²) in [6.45, 7) is 1.12. The van der Waals surface area contributed by atoms with E-state index in [2.05, 4.69) is 28.6 Å². The van der Waals surface area contributed by atoms with Crippen LogP contribution in [-0.4, -0.2) is 25.0 Å². The van der Waals surface area contributed by atoms with Crippen LogP contribution in [0, 0.1) is 12.3 Å². The minimum Gasteiger partial charge on any atom is -0.493 e. The number of aromatic nitrogens is 1. The average Bonchev–Trinajstić information content (AvgIpc) is 3.03. The lowest BCUT2D eigenvalue weighted by molar-refractivity contribution is 0.354. The Balaban J connectivity index is 1.72. The van der Waals surface area contributed by atoms with Crippen LogP contribution < -0.4 is 14.9 Å². The molecule has 0 spiro atoms. The highest BCUT2D eigenvalue weighted by atomic mass is 16.5. The molecule has 0 aliphatic carbocycles. The molecule has 0 aliphatic heterocycles. The number of benzene rings is 2. The maximum Gasteiger partial charge on any atom is 0.161 e. The monoisotopic (exact) mass is 347 g/mol. The van der Waals surface area contributed by atoms with Gasteiger partial charge in [0.1, 0.15) is 0 Å². The van der Waals surface area contributed by atoms with Crippen molar-refractivity contribution >= 4 is 17.1 Å². The molecular weight excluding hydrogens is 326 g/mol. The highest BCUT2D eigenvalue weighted by Crippen LogP contribution is 2.27. The zero-order chi connectivity index (χ0) is 18.4. The van der Waals surface area contributed by atoms with Crippen LogP contribution in [0.15, 0.2) is 53.8 Å². The van der Waals surface area contributed by atoms with Gasteiger partial charge in [-0.05, 0) is 23.8 Å². The minimum absolute atomic E-state index is 0.535. The first-order valence-corrected chi connectivity index (χ1v) is 8.25. The molecule has 0 saturated heterocycles. The van der Waals surface area contributed by atoms with E-state index < -0.39 is 0 Å². The first kappa shape index (κ1) is 17.4. The number of terminal acetylenes is 1. The second-order valence-electron chi connectivity index (χ2n) is 5.72. The molecule has 0 bridgehead atoms. The van der Waals surface area contributed by atoms with Crippen molar-refractivity contribution in [3.63, 3.8) is 0 Å². The van der Waals surface area contributed by atoms with Gasteiger partial charge in [-0.1, -0.05) is 30.2 Å². The number of methoxy groups -OCH3 is 2. The lowest BCUT2D eigenvalue weighted by Gasteiger charge is -2.09. The van der Waals surface area contributed by atoms with Crippen LogP contribution in [0.1, 0.15) is 11.1 Å². The number of hydrogen-bond donors (Lipinski definition) is 1. The molecule has 2 aromatic carbocycles. The van der Waals surface area contributed by atoms with Gasteiger partial charge in [0.15, 0.2) is 11.5 Å². The Morgan fingerprint density at radius 1 is 1.15 bits per heavy atom. The maximum absolute atomic E-state index is 5.46. The van der Waals surface area contributed by atoms with Crippen molar-refractivity contribution in [3.05, 3.63) is 59.8 Å². The molecule has 0 saturated carbocycles. The number of hydrogen-bond acceptors (Lipinski definition) is 4. The quantitative estimate of drug-likeness (QED) is 0.405. The van der Waals surface area contributed by atoms with E-state index in [9.17, 15) is 0 Å². The summed E-state index contributed by atoms with van der Waals surface area (Å²) in [5.74, 6) is 4.09. The largest absolute Gasteiger partial charge is 0.493 e. The molecule has 0 aliphatic rings. The molecule has 0 radical (unpaired) electrons. The molecule has 1 aromatic heterocycles. The fourth-order valence-electron chi connectivity index (χ4n) is 2.85. The maximum atomic E-state index is 5.46. The third-order valence-corrected chi connectivity index (χ3v) is 4.11. The molecule has 0 unspecified atom stereocenters. The number of nitrogens with zero attached hydrogens (tertiary/aromatic N) is 2. The van der Waals surface area contributed by atoms with Crippen LogP contribution >= 0.6 is 0 Å². The molecule has 0 atom stereocenters. The van der Waals surface area contributed by atoms with E-state index in [4.69, 9.17) is 15.9 Å². The smallest absolute Gasteiger partial charge is 0.161 e. The summed E-state index contributed by atoms with van der Waals surface area (Å²) in [4.78, 5) is 0. The third kappa shape index (κ3) is 3.65. The molecule has 1 N–H and O–H groups in total. The molecule has 3 rings (SSSR count). The van der Waals surface area contributed by atoms with Gasteiger partial charge in [-0.2, -0.15) is 5.10 Å². The van der Waals surface area contributed by atoms with Gasteiger partial charge in [0.05, 0.1) is 33.5 Å². The summed E-state index contributed by atoms with van der Waals surface area (Å²) < 4.78 is 12.6. The molecule has 132 valence electrons. The van der Waals surface area contributed by atoms with Crippen LogP contribution in [-0.2, 0) is 13.1 Å². The Labute approximate surface area is 153 Å². The van der Waals surface area contributed by atoms with Crippen molar-refractivity contribution < 1.29 is 9.47 Å². The number of para-hydroxylation sites is 1. The molecule has 0 fully saturated rings. The first-order chi connectivity index (χ1) is 12.8. The molecule has 0 amide bonds. The highest BCUT2D eigenvalue weighted by Gasteiger charge is 2.06. The fourth-order valence-corrected chi connectivity index (χ4v) is 2.85. The predicted octanol–water partition coefficient (Wildman–Crippen LogP) is 3.42. The van der Waals surface area contributed by atoms with E-state index in [0.717, 1.165) is 22.0 Å². The second kappa shape index (κ2) is 8.13. The summed E-state index contributed by atoms with van der Waals surface area (Å²) in [5.41, 5.74) is 6.25. The van der Waals surface area contributed by atoms with Gasteiger partial charge in [-0.3, -0.25) is 0 Å². The number of fused-ring (bicyclic) bond motifs is 1. The summed E-state index contributed by atoms with van der Waals surface area (Å²) in [5, 5.41) is 5.47. The molecule has 1 heterocycles. The van der Waals surface area contributed by atoms with Crippen LogP contribution in [0.3, 0.4) is 0 Å².